The SMILES string of the molecule is CC1(CCc2ccccc2)NC(=O)N(NC(=O)CNC(=O)C(=O)NCc2cccs2)C1=O. The van der Waals surface area contributed by atoms with Gasteiger partial charge in [0.25, 0.3) is 11.8 Å². The quantitative estimate of drug-likeness (QED) is 0.337. The maximum atomic E-state index is 12.7. The topological polar surface area (TPSA) is 137 Å². The third-order valence-corrected chi connectivity index (χ3v) is 5.75. The first-order valence-electron chi connectivity index (χ1n) is 9.87. The van der Waals surface area contributed by atoms with E-state index in [0.717, 1.165) is 10.4 Å². The molecular formula is C21H23N5O5S. The maximum absolute atomic E-state index is 12.7. The van der Waals surface area contributed by atoms with Crippen molar-refractivity contribution in [1.82, 2.24) is 26.4 Å². The lowest BCUT2D eigenvalue weighted by Crippen LogP contribution is -2.52. The molecule has 2 aromatic rings. The second kappa shape index (κ2) is 10.1. The molecule has 4 N–H and O–H groups in total. The van der Waals surface area contributed by atoms with E-state index in [1.165, 1.54) is 11.3 Å². The van der Waals surface area contributed by atoms with Gasteiger partial charge < -0.3 is 16.0 Å². The van der Waals surface area contributed by atoms with Crippen LogP contribution in [0.4, 0.5) is 4.79 Å². The second-order valence-corrected chi connectivity index (χ2v) is 8.40. The molecule has 1 unspecified atom stereocenters. The third-order valence-electron chi connectivity index (χ3n) is 4.87. The fourth-order valence-corrected chi connectivity index (χ4v) is 3.70. The lowest BCUT2D eigenvalue weighted by molar-refractivity contribution is -0.141. The minimum absolute atomic E-state index is 0.195. The number of amides is 6. The van der Waals surface area contributed by atoms with Crippen molar-refractivity contribution in [3.63, 3.8) is 0 Å². The summed E-state index contributed by atoms with van der Waals surface area (Å²) in [4.78, 5) is 61.6. The standard InChI is InChI=1S/C21H23N5O5S/c1-21(10-9-14-6-3-2-4-7-14)19(30)26(20(31)24-21)25-16(27)13-23-18(29)17(28)22-12-15-8-5-11-32-15/h2-8,11H,9-10,12-13H2,1H3,(H,22,28)(H,23,29)(H,24,31)(H,25,27). The highest BCUT2D eigenvalue weighted by Gasteiger charge is 2.48. The Morgan fingerprint density at radius 1 is 1.03 bits per heavy atom. The van der Waals surface area contributed by atoms with Crippen LogP contribution in [0.3, 0.4) is 0 Å². The Morgan fingerprint density at radius 3 is 2.44 bits per heavy atom. The van der Waals surface area contributed by atoms with E-state index < -0.39 is 41.7 Å². The molecule has 0 bridgehead atoms. The van der Waals surface area contributed by atoms with Gasteiger partial charge >= 0.3 is 17.8 Å². The lowest BCUT2D eigenvalue weighted by Gasteiger charge is -2.21. The molecule has 168 valence electrons. The van der Waals surface area contributed by atoms with Gasteiger partial charge in [-0.3, -0.25) is 24.6 Å². The van der Waals surface area contributed by atoms with Crippen molar-refractivity contribution < 1.29 is 24.0 Å². The number of hydrazine groups is 1. The molecule has 0 radical (unpaired) electrons. The van der Waals surface area contributed by atoms with Crippen molar-refractivity contribution >= 4 is 41.0 Å². The maximum Gasteiger partial charge on any atom is 0.344 e. The molecule has 1 aliphatic heterocycles. The zero-order chi connectivity index (χ0) is 23.1. The smallest absolute Gasteiger partial charge is 0.343 e. The first kappa shape index (κ1) is 22.9. The van der Waals surface area contributed by atoms with Gasteiger partial charge in [-0.05, 0) is 36.8 Å². The van der Waals surface area contributed by atoms with Gasteiger partial charge in [-0.15, -0.1) is 11.3 Å². The summed E-state index contributed by atoms with van der Waals surface area (Å²) in [7, 11) is 0. The summed E-state index contributed by atoms with van der Waals surface area (Å²) in [5.41, 5.74) is 2.01. The fourth-order valence-electron chi connectivity index (χ4n) is 3.06. The van der Waals surface area contributed by atoms with Crippen LogP contribution in [0.2, 0.25) is 0 Å². The first-order valence-corrected chi connectivity index (χ1v) is 10.7. The van der Waals surface area contributed by atoms with Gasteiger partial charge in [0, 0.05) is 4.88 Å². The lowest BCUT2D eigenvalue weighted by atomic mass is 9.93. The monoisotopic (exact) mass is 457 g/mol. The summed E-state index contributed by atoms with van der Waals surface area (Å²) in [6, 6.07) is 12.4. The van der Waals surface area contributed by atoms with Gasteiger partial charge in [-0.25, -0.2) is 4.79 Å². The Hall–Kier alpha value is -3.73. The second-order valence-electron chi connectivity index (χ2n) is 7.37. The van der Waals surface area contributed by atoms with E-state index in [1.54, 1.807) is 6.92 Å². The Balaban J connectivity index is 1.45. The zero-order valence-electron chi connectivity index (χ0n) is 17.3. The van der Waals surface area contributed by atoms with Crippen LogP contribution in [0.5, 0.6) is 0 Å². The van der Waals surface area contributed by atoms with Crippen LogP contribution in [0.1, 0.15) is 23.8 Å². The molecule has 11 heteroatoms. The van der Waals surface area contributed by atoms with Crippen LogP contribution in [-0.4, -0.2) is 46.8 Å². The number of urea groups is 1. The Morgan fingerprint density at radius 2 is 1.75 bits per heavy atom. The molecule has 0 saturated carbocycles. The molecule has 1 aromatic heterocycles. The predicted molar refractivity (Wildman–Crippen MR) is 116 cm³/mol. The summed E-state index contributed by atoms with van der Waals surface area (Å²) in [6.07, 6.45) is 0.900. The molecule has 1 aliphatic rings. The van der Waals surface area contributed by atoms with Crippen LogP contribution in [0.25, 0.3) is 0 Å². The van der Waals surface area contributed by atoms with Crippen molar-refractivity contribution in [2.24, 2.45) is 0 Å². The first-order chi connectivity index (χ1) is 15.3. The van der Waals surface area contributed by atoms with E-state index in [9.17, 15) is 24.0 Å². The number of carbonyl (C=O) groups excluding carboxylic acids is 5. The number of aryl methyl sites for hydroxylation is 1. The molecule has 1 fully saturated rings. The molecule has 6 amide bonds. The zero-order valence-corrected chi connectivity index (χ0v) is 18.2. The van der Waals surface area contributed by atoms with Gasteiger partial charge in [-0.2, -0.15) is 5.01 Å². The molecular weight excluding hydrogens is 434 g/mol. The van der Waals surface area contributed by atoms with E-state index in [1.807, 2.05) is 47.8 Å². The molecule has 32 heavy (non-hydrogen) atoms. The number of nitrogens with one attached hydrogen (secondary N) is 4. The van der Waals surface area contributed by atoms with Gasteiger partial charge in [0.15, 0.2) is 0 Å². The van der Waals surface area contributed by atoms with Gasteiger partial charge in [0.2, 0.25) is 0 Å². The van der Waals surface area contributed by atoms with E-state index in [0.29, 0.717) is 17.9 Å². The van der Waals surface area contributed by atoms with Crippen molar-refractivity contribution in [2.45, 2.75) is 31.8 Å². The van der Waals surface area contributed by atoms with Crippen LogP contribution < -0.4 is 21.4 Å². The third kappa shape index (κ3) is 5.70. The molecule has 10 nitrogen and oxygen atoms in total. The normalized spacial score (nSPS) is 17.6. The average Bonchev–Trinajstić information content (AvgIpc) is 3.38. The Bertz CT molecular complexity index is 1010. The number of carbonyl (C=O) groups is 5. The van der Waals surface area contributed by atoms with Crippen molar-refractivity contribution in [2.75, 3.05) is 6.54 Å². The van der Waals surface area contributed by atoms with E-state index in [4.69, 9.17) is 0 Å². The number of thiophene rings is 1. The van der Waals surface area contributed by atoms with E-state index in [-0.39, 0.29) is 6.54 Å². The Labute approximate surface area is 188 Å². The number of hydrogen-bond acceptors (Lipinski definition) is 6. The number of imide groups is 1. The van der Waals surface area contributed by atoms with Crippen LogP contribution in [0.15, 0.2) is 47.8 Å². The van der Waals surface area contributed by atoms with Crippen molar-refractivity contribution in [3.8, 4) is 0 Å². The molecule has 3 rings (SSSR count). The van der Waals surface area contributed by atoms with Gasteiger partial charge in [0.05, 0.1) is 13.1 Å². The van der Waals surface area contributed by atoms with Crippen LogP contribution in [-0.2, 0) is 32.1 Å². The average molecular weight is 458 g/mol. The predicted octanol–water partition coefficient (Wildman–Crippen LogP) is 0.455. The Kier molecular flexibility index (Phi) is 7.21. The van der Waals surface area contributed by atoms with Crippen LogP contribution >= 0.6 is 11.3 Å². The number of nitrogens with zero attached hydrogens (tertiary/aromatic N) is 1. The summed E-state index contributed by atoms with van der Waals surface area (Å²) in [5, 5.41) is 9.61. The van der Waals surface area contributed by atoms with Gasteiger partial charge in [-0.1, -0.05) is 36.4 Å². The highest BCUT2D eigenvalue weighted by molar-refractivity contribution is 7.09. The summed E-state index contributed by atoms with van der Waals surface area (Å²) < 4.78 is 0. The summed E-state index contributed by atoms with van der Waals surface area (Å²) >= 11 is 1.43. The fraction of sp³-hybridized carbons (Fsp3) is 0.286. The largest absolute Gasteiger partial charge is 0.344 e. The number of benzene rings is 1. The molecule has 0 aliphatic carbocycles. The molecule has 1 aromatic carbocycles. The highest BCUT2D eigenvalue weighted by Crippen LogP contribution is 2.22. The summed E-state index contributed by atoms with van der Waals surface area (Å²) in [6.45, 7) is 1.20. The minimum Gasteiger partial charge on any atom is -0.343 e. The van der Waals surface area contributed by atoms with E-state index >= 15 is 0 Å². The number of rotatable bonds is 8. The molecule has 1 saturated heterocycles. The molecule has 1 atom stereocenters. The van der Waals surface area contributed by atoms with Crippen LogP contribution in [0, 0.1) is 0 Å². The molecule has 2 heterocycles. The van der Waals surface area contributed by atoms with Crippen molar-refractivity contribution in [3.05, 3.63) is 58.3 Å². The van der Waals surface area contributed by atoms with Gasteiger partial charge in [0.1, 0.15) is 5.54 Å². The number of hydrogen-bond donors (Lipinski definition) is 4. The van der Waals surface area contributed by atoms with E-state index in [2.05, 4.69) is 21.4 Å². The highest BCUT2D eigenvalue weighted by atomic mass is 32.1. The minimum atomic E-state index is -1.18. The van der Waals surface area contributed by atoms with Crippen molar-refractivity contribution in [1.29, 1.82) is 0 Å². The molecule has 0 spiro atoms. The summed E-state index contributed by atoms with van der Waals surface area (Å²) in [5.74, 6) is -3.32.